The van der Waals surface area contributed by atoms with Crippen molar-refractivity contribution in [3.63, 3.8) is 0 Å². The van der Waals surface area contributed by atoms with Crippen molar-refractivity contribution in [2.75, 3.05) is 5.75 Å². The van der Waals surface area contributed by atoms with Crippen LogP contribution in [-0.2, 0) is 4.79 Å². The highest BCUT2D eigenvalue weighted by Crippen LogP contribution is 2.29. The van der Waals surface area contributed by atoms with Crippen LogP contribution in [0, 0.1) is 11.8 Å². The average molecular weight is 308 g/mol. The van der Waals surface area contributed by atoms with Gasteiger partial charge >= 0.3 is 0 Å². The highest BCUT2D eigenvalue weighted by molar-refractivity contribution is 8.13. The lowest BCUT2D eigenvalue weighted by atomic mass is 10.2. The summed E-state index contributed by atoms with van der Waals surface area (Å²) in [4.78, 5) is 10.7. The van der Waals surface area contributed by atoms with E-state index in [0.717, 1.165) is 0 Å². The number of rotatable bonds is 2. The topological polar surface area (TPSA) is 17.1 Å². The number of hydrogen-bond acceptors (Lipinski definition) is 2. The molecule has 1 aromatic carbocycles. The highest BCUT2D eigenvalue weighted by atomic mass is 35.5. The van der Waals surface area contributed by atoms with Crippen LogP contribution in [0.5, 0.6) is 0 Å². The van der Waals surface area contributed by atoms with Crippen molar-refractivity contribution in [3.8, 4) is 11.8 Å². The van der Waals surface area contributed by atoms with E-state index < -0.39 is 0 Å². The number of carbonyl (C=O) groups is 1. The van der Waals surface area contributed by atoms with E-state index in [2.05, 4.69) is 11.8 Å². The van der Waals surface area contributed by atoms with Gasteiger partial charge in [0.25, 0.3) is 0 Å². The van der Waals surface area contributed by atoms with Gasteiger partial charge < -0.3 is 0 Å². The third kappa shape index (κ3) is 5.23. The number of benzene rings is 1. The first-order chi connectivity index (χ1) is 8.00. The van der Waals surface area contributed by atoms with Crippen LogP contribution in [0.4, 0.5) is 0 Å². The summed E-state index contributed by atoms with van der Waals surface area (Å²) < 4.78 is 0. The van der Waals surface area contributed by atoms with Crippen LogP contribution in [0.3, 0.4) is 0 Å². The van der Waals surface area contributed by atoms with Crippen molar-refractivity contribution in [1.29, 1.82) is 0 Å². The number of halogens is 3. The molecule has 0 spiro atoms. The predicted octanol–water partition coefficient (Wildman–Crippen LogP) is 4.67. The van der Waals surface area contributed by atoms with Crippen LogP contribution in [0.25, 0.3) is 0 Å². The van der Waals surface area contributed by atoms with Crippen molar-refractivity contribution in [1.82, 2.24) is 0 Å². The van der Waals surface area contributed by atoms with E-state index in [1.54, 1.807) is 12.1 Å². The summed E-state index contributed by atoms with van der Waals surface area (Å²) in [5.41, 5.74) is 0.608. The van der Waals surface area contributed by atoms with Gasteiger partial charge in [-0.05, 0) is 12.1 Å². The molecule has 0 saturated carbocycles. The van der Waals surface area contributed by atoms with Gasteiger partial charge in [0.15, 0.2) is 5.12 Å². The van der Waals surface area contributed by atoms with E-state index in [9.17, 15) is 4.79 Å². The highest BCUT2D eigenvalue weighted by Gasteiger charge is 2.04. The van der Waals surface area contributed by atoms with E-state index in [1.807, 2.05) is 0 Å². The molecule has 1 nitrogen and oxygen atoms in total. The summed E-state index contributed by atoms with van der Waals surface area (Å²) in [6.45, 7) is 1.53. The SMILES string of the molecule is CC(=O)SCCC#Cc1cc(Cl)cc(Cl)c1Cl. The molecule has 1 aromatic rings. The predicted molar refractivity (Wildman–Crippen MR) is 76.1 cm³/mol. The minimum atomic E-state index is 0.0932. The van der Waals surface area contributed by atoms with Crippen molar-refractivity contribution in [2.24, 2.45) is 0 Å². The maximum absolute atomic E-state index is 10.7. The Morgan fingerprint density at radius 1 is 1.35 bits per heavy atom. The fourth-order valence-electron chi connectivity index (χ4n) is 1.05. The quantitative estimate of drug-likeness (QED) is 0.449. The number of carbonyl (C=O) groups excluding carboxylic acids is 1. The molecule has 0 bridgehead atoms. The molecule has 0 aromatic heterocycles. The molecule has 0 fully saturated rings. The lowest BCUT2D eigenvalue weighted by molar-refractivity contribution is -0.109. The van der Waals surface area contributed by atoms with Gasteiger partial charge in [-0.1, -0.05) is 58.4 Å². The minimum Gasteiger partial charge on any atom is -0.288 e. The Hall–Kier alpha value is -0.330. The first-order valence-corrected chi connectivity index (χ1v) is 6.89. The van der Waals surface area contributed by atoms with Crippen LogP contribution in [-0.4, -0.2) is 10.9 Å². The van der Waals surface area contributed by atoms with Gasteiger partial charge in [-0.15, -0.1) is 0 Å². The molecular formula is C12H9Cl3OS. The fourth-order valence-corrected chi connectivity index (χ4v) is 2.19. The Kier molecular flexibility index (Phi) is 6.22. The van der Waals surface area contributed by atoms with Crippen LogP contribution >= 0.6 is 46.6 Å². The molecule has 90 valence electrons. The molecule has 0 saturated heterocycles. The minimum absolute atomic E-state index is 0.0932. The Labute approximate surface area is 120 Å². The second kappa shape index (κ2) is 7.18. The van der Waals surface area contributed by atoms with Crippen LogP contribution < -0.4 is 0 Å². The zero-order chi connectivity index (χ0) is 12.8. The van der Waals surface area contributed by atoms with Crippen LogP contribution in [0.1, 0.15) is 18.9 Å². The van der Waals surface area contributed by atoms with E-state index in [4.69, 9.17) is 34.8 Å². The van der Waals surface area contributed by atoms with Gasteiger partial charge in [0.1, 0.15) is 0 Å². The van der Waals surface area contributed by atoms with Crippen molar-refractivity contribution in [2.45, 2.75) is 13.3 Å². The maximum atomic E-state index is 10.7. The van der Waals surface area contributed by atoms with Crippen LogP contribution in [0.2, 0.25) is 15.1 Å². The summed E-state index contributed by atoms with van der Waals surface area (Å²) >= 11 is 18.9. The first-order valence-electron chi connectivity index (χ1n) is 4.77. The molecule has 0 aliphatic carbocycles. The van der Waals surface area contributed by atoms with Crippen LogP contribution in [0.15, 0.2) is 12.1 Å². The molecule has 0 heterocycles. The molecule has 0 N–H and O–H groups in total. The maximum Gasteiger partial charge on any atom is 0.185 e. The average Bonchev–Trinajstić information content (AvgIpc) is 2.23. The second-order valence-corrected chi connectivity index (χ2v) is 5.63. The summed E-state index contributed by atoms with van der Waals surface area (Å²) in [5.74, 6) is 6.50. The lowest BCUT2D eigenvalue weighted by Crippen LogP contribution is -1.84. The molecule has 0 aliphatic heterocycles. The Bertz CT molecular complexity index is 489. The van der Waals surface area contributed by atoms with E-state index in [1.165, 1.54) is 18.7 Å². The van der Waals surface area contributed by atoms with Gasteiger partial charge in [0.05, 0.1) is 10.0 Å². The lowest BCUT2D eigenvalue weighted by Gasteiger charge is -1.99. The third-order valence-electron chi connectivity index (χ3n) is 1.75. The Balaban J connectivity index is 2.68. The summed E-state index contributed by atoms with van der Waals surface area (Å²) in [7, 11) is 0. The fraction of sp³-hybridized carbons (Fsp3) is 0.250. The first kappa shape index (κ1) is 14.7. The monoisotopic (exact) mass is 306 g/mol. The summed E-state index contributed by atoms with van der Waals surface area (Å²) in [5, 5.41) is 1.39. The molecule has 0 radical (unpaired) electrons. The van der Waals surface area contributed by atoms with Crippen molar-refractivity contribution in [3.05, 3.63) is 32.8 Å². The second-order valence-electron chi connectivity index (χ2n) is 3.14. The summed E-state index contributed by atoms with van der Waals surface area (Å²) in [6.07, 6.45) is 0.616. The molecule has 5 heteroatoms. The third-order valence-corrected chi connectivity index (χ3v) is 3.58. The normalized spacial score (nSPS) is 9.65. The smallest absolute Gasteiger partial charge is 0.185 e. The standard InChI is InChI=1S/C12H9Cl3OS/c1-8(16)17-5-3-2-4-9-6-10(13)7-11(14)12(9)15/h6-7H,3,5H2,1H3. The Morgan fingerprint density at radius 2 is 2.06 bits per heavy atom. The van der Waals surface area contributed by atoms with E-state index in [0.29, 0.717) is 32.8 Å². The molecule has 0 atom stereocenters. The zero-order valence-electron chi connectivity index (χ0n) is 9.02. The summed E-state index contributed by atoms with van der Waals surface area (Å²) in [6, 6.07) is 3.24. The van der Waals surface area contributed by atoms with E-state index >= 15 is 0 Å². The van der Waals surface area contributed by atoms with Gasteiger partial charge in [0, 0.05) is 29.7 Å². The number of thioether (sulfide) groups is 1. The molecular weight excluding hydrogens is 299 g/mol. The van der Waals surface area contributed by atoms with Crippen molar-refractivity contribution >= 4 is 51.7 Å². The van der Waals surface area contributed by atoms with Gasteiger partial charge in [-0.2, -0.15) is 0 Å². The molecule has 17 heavy (non-hydrogen) atoms. The number of hydrogen-bond donors (Lipinski definition) is 0. The molecule has 1 rings (SSSR count). The zero-order valence-corrected chi connectivity index (χ0v) is 12.1. The van der Waals surface area contributed by atoms with E-state index in [-0.39, 0.29) is 5.12 Å². The molecule has 0 amide bonds. The van der Waals surface area contributed by atoms with Gasteiger partial charge in [-0.3, -0.25) is 4.79 Å². The Morgan fingerprint density at radius 3 is 2.71 bits per heavy atom. The van der Waals surface area contributed by atoms with Crippen molar-refractivity contribution < 1.29 is 4.79 Å². The molecule has 0 unspecified atom stereocenters. The van der Waals surface area contributed by atoms with Gasteiger partial charge in [0.2, 0.25) is 0 Å². The molecule has 0 aliphatic rings. The largest absolute Gasteiger partial charge is 0.288 e. The van der Waals surface area contributed by atoms with Gasteiger partial charge in [-0.25, -0.2) is 0 Å².